The Morgan fingerprint density at radius 3 is 1.86 bits per heavy atom. The second-order valence-electron chi connectivity index (χ2n) is 17.5. The van der Waals surface area contributed by atoms with Gasteiger partial charge in [-0.15, -0.1) is 0 Å². The van der Waals surface area contributed by atoms with Crippen LogP contribution in [0.2, 0.25) is 5.15 Å². The Balaban J connectivity index is 1.22. The van der Waals surface area contributed by atoms with Gasteiger partial charge in [-0.05, 0) is 98.0 Å². The summed E-state index contributed by atoms with van der Waals surface area (Å²) in [6, 6.07) is 18.7. The molecule has 22 heteroatoms. The number of nitrogens with one attached hydrogen (secondary N) is 2. The van der Waals surface area contributed by atoms with Crippen LogP contribution in [0.5, 0.6) is 0 Å². The Bertz CT molecular complexity index is 2270. The summed E-state index contributed by atoms with van der Waals surface area (Å²) in [5.74, 6) is -1.13. The molecule has 2 amide bonds. The number of rotatable bonds is 29. The van der Waals surface area contributed by atoms with E-state index < -0.39 is 74.0 Å². The van der Waals surface area contributed by atoms with Crippen molar-refractivity contribution in [3.63, 3.8) is 0 Å². The summed E-state index contributed by atoms with van der Waals surface area (Å²) >= 11 is 5.99. The third-order valence-corrected chi connectivity index (χ3v) is 12.3. The Hall–Kier alpha value is -4.98. The SMILES string of the molecule is Cc1nc(N)c(C(=O)NC(N)=NCCCCc2ccc(C[C@H](N)C(=O)Nc3ccc(CCCCCCN(C[C@H](O)[C@@H](O)[C@H](O)[C@H](O)CO)C[C@H](O)[C@@H](O)[C@H](O)[C@H](O)CO)cc3)c3ccccc23)nc1Cl. The number of amides is 2. The summed E-state index contributed by atoms with van der Waals surface area (Å²) in [6.07, 6.45) is -7.93. The van der Waals surface area contributed by atoms with E-state index in [-0.39, 0.29) is 48.2 Å². The summed E-state index contributed by atoms with van der Waals surface area (Å²) in [4.78, 5) is 39.5. The zero-order valence-electron chi connectivity index (χ0n) is 39.3. The number of hydrogen-bond acceptors (Lipinski definition) is 18. The van der Waals surface area contributed by atoms with Crippen molar-refractivity contribution in [1.29, 1.82) is 0 Å². The van der Waals surface area contributed by atoms with Crippen LogP contribution < -0.4 is 27.8 Å². The zero-order valence-corrected chi connectivity index (χ0v) is 40.0. The number of aromatic nitrogens is 2. The molecular formula is C48H70ClN9O12. The van der Waals surface area contributed by atoms with Gasteiger partial charge < -0.3 is 73.6 Å². The van der Waals surface area contributed by atoms with Crippen molar-refractivity contribution in [1.82, 2.24) is 20.2 Å². The summed E-state index contributed by atoms with van der Waals surface area (Å²) in [6.45, 7) is -0.0961. The van der Waals surface area contributed by atoms with E-state index in [2.05, 4.69) is 31.7 Å². The fourth-order valence-corrected chi connectivity index (χ4v) is 7.94. The molecule has 0 saturated heterocycles. The molecule has 0 radical (unpaired) electrons. The maximum absolute atomic E-state index is 13.3. The molecule has 4 rings (SSSR count). The number of guanidine groups is 1. The molecule has 0 aliphatic rings. The van der Waals surface area contributed by atoms with E-state index in [9.17, 15) is 50.4 Å². The summed E-state index contributed by atoms with van der Waals surface area (Å²) in [5.41, 5.74) is 22.2. The highest BCUT2D eigenvalue weighted by Gasteiger charge is 2.34. The van der Waals surface area contributed by atoms with E-state index in [1.54, 1.807) is 6.92 Å². The van der Waals surface area contributed by atoms with Gasteiger partial charge in [-0.1, -0.05) is 73.0 Å². The Labute approximate surface area is 411 Å². The molecule has 1 aromatic heterocycles. The number of carbonyl (C=O) groups is 2. The normalized spacial score (nSPS) is 16.0. The highest BCUT2D eigenvalue weighted by molar-refractivity contribution is 6.30. The fraction of sp³-hybridized carbons (Fsp3) is 0.521. The topological polar surface area (TPSA) is 380 Å². The third-order valence-electron chi connectivity index (χ3n) is 12.0. The fourth-order valence-electron chi connectivity index (χ4n) is 7.81. The van der Waals surface area contributed by atoms with Crippen molar-refractivity contribution >= 4 is 51.7 Å². The number of nitrogens with two attached hydrogens (primary N) is 3. The first-order chi connectivity index (χ1) is 33.3. The van der Waals surface area contributed by atoms with Crippen LogP contribution in [-0.2, 0) is 24.1 Å². The van der Waals surface area contributed by atoms with Crippen molar-refractivity contribution < 1.29 is 60.7 Å². The highest BCUT2D eigenvalue weighted by atomic mass is 35.5. The zero-order chi connectivity index (χ0) is 51.5. The molecular weight excluding hydrogens is 930 g/mol. The number of carbonyl (C=O) groups excluding carboxylic acids is 2. The number of aliphatic hydroxyl groups is 10. The van der Waals surface area contributed by atoms with E-state index in [4.69, 9.17) is 39.0 Å². The van der Waals surface area contributed by atoms with E-state index >= 15 is 0 Å². The van der Waals surface area contributed by atoms with Crippen LogP contribution in [-0.4, -0.2) is 178 Å². The summed E-state index contributed by atoms with van der Waals surface area (Å²) in [5, 5.41) is 107. The average Bonchev–Trinajstić information content (AvgIpc) is 3.35. The van der Waals surface area contributed by atoms with Gasteiger partial charge in [-0.2, -0.15) is 0 Å². The van der Waals surface area contributed by atoms with E-state index in [1.165, 1.54) is 4.90 Å². The van der Waals surface area contributed by atoms with Gasteiger partial charge in [0, 0.05) is 25.3 Å². The van der Waals surface area contributed by atoms with Gasteiger partial charge in [0.15, 0.2) is 22.6 Å². The molecule has 0 aliphatic carbocycles. The molecule has 0 spiro atoms. The first-order valence-corrected chi connectivity index (χ1v) is 23.7. The molecule has 9 atom stereocenters. The first kappa shape index (κ1) is 57.6. The van der Waals surface area contributed by atoms with E-state index in [0.29, 0.717) is 43.6 Å². The van der Waals surface area contributed by atoms with Gasteiger partial charge in [-0.3, -0.25) is 24.8 Å². The number of nitrogen functional groups attached to an aromatic ring is 1. The van der Waals surface area contributed by atoms with Gasteiger partial charge in [0.05, 0.1) is 37.2 Å². The van der Waals surface area contributed by atoms with E-state index in [0.717, 1.165) is 59.6 Å². The predicted octanol–water partition coefficient (Wildman–Crippen LogP) is -0.974. The minimum absolute atomic E-state index is 0.0634. The summed E-state index contributed by atoms with van der Waals surface area (Å²) < 4.78 is 0. The van der Waals surface area contributed by atoms with Crippen molar-refractivity contribution in [2.45, 2.75) is 120 Å². The predicted molar refractivity (Wildman–Crippen MR) is 265 cm³/mol. The van der Waals surface area contributed by atoms with Crippen molar-refractivity contribution in [3.8, 4) is 0 Å². The van der Waals surface area contributed by atoms with Crippen LogP contribution in [0.4, 0.5) is 11.5 Å². The highest BCUT2D eigenvalue weighted by Crippen LogP contribution is 2.26. The maximum Gasteiger partial charge on any atom is 0.280 e. The number of aliphatic imine (C=N–C) groups is 1. The third kappa shape index (κ3) is 17.4. The number of hydrogen-bond donors (Lipinski definition) is 15. The number of nitrogens with zero attached hydrogens (tertiary/aromatic N) is 4. The largest absolute Gasteiger partial charge is 0.394 e. The van der Waals surface area contributed by atoms with Gasteiger partial charge in [-0.25, -0.2) is 9.97 Å². The number of aryl methyl sites for hydroxylation is 3. The van der Waals surface area contributed by atoms with E-state index in [1.807, 2.05) is 54.6 Å². The molecule has 0 saturated carbocycles. The van der Waals surface area contributed by atoms with Crippen LogP contribution in [0.1, 0.15) is 71.4 Å². The number of aliphatic hydroxyl groups excluding tert-OH is 10. The van der Waals surface area contributed by atoms with Crippen molar-refractivity contribution in [3.05, 3.63) is 93.9 Å². The Morgan fingerprint density at radius 2 is 1.26 bits per heavy atom. The monoisotopic (exact) mass is 999 g/mol. The van der Waals surface area contributed by atoms with Crippen LogP contribution >= 0.6 is 11.6 Å². The second kappa shape index (κ2) is 28.8. The molecule has 70 heavy (non-hydrogen) atoms. The summed E-state index contributed by atoms with van der Waals surface area (Å²) in [7, 11) is 0. The Kier molecular flexibility index (Phi) is 23.7. The molecule has 4 aromatic rings. The number of benzene rings is 3. The lowest BCUT2D eigenvalue weighted by molar-refractivity contribution is -0.130. The standard InChI is InChI=1S/C48H70ClN9O12/c1-27-44(49)56-39(45(51)54-27)47(70)57-48(52)53-20-8-7-11-29-16-17-30(33-13-6-5-12-32(29)33)22-34(50)46(69)55-31-18-14-28(15-19-31)10-4-2-3-9-21-58(23-35(61)40(65)42(67)37(63)25-59)24-36(62)41(66)43(68)38(64)26-60/h5-6,12-19,34-38,40-43,59-68H,2-4,7-11,20-26,50H2,1H3,(H2,51,54)(H,55,69)(H3,52,53,57,70)/t34-,35-,36-,37+,38+,40+,41+,42+,43+/m0/s1. The molecule has 0 aliphatic heterocycles. The minimum Gasteiger partial charge on any atom is -0.394 e. The second-order valence-corrected chi connectivity index (χ2v) is 17.8. The van der Waals surface area contributed by atoms with Crippen LogP contribution in [0, 0.1) is 6.92 Å². The molecule has 3 aromatic carbocycles. The van der Waals surface area contributed by atoms with Gasteiger partial charge in [0.2, 0.25) is 5.91 Å². The lowest BCUT2D eigenvalue weighted by Crippen LogP contribution is -2.53. The van der Waals surface area contributed by atoms with Gasteiger partial charge in [0.1, 0.15) is 36.6 Å². The minimum atomic E-state index is -1.86. The number of halogens is 1. The molecule has 21 nitrogen and oxygen atoms in total. The molecule has 0 fully saturated rings. The number of fused-ring (bicyclic) bond motifs is 1. The van der Waals surface area contributed by atoms with Crippen molar-refractivity contribution in [2.24, 2.45) is 16.5 Å². The van der Waals surface area contributed by atoms with Gasteiger partial charge >= 0.3 is 0 Å². The van der Waals surface area contributed by atoms with Crippen LogP contribution in [0.25, 0.3) is 10.8 Å². The average molecular weight is 1000 g/mol. The van der Waals surface area contributed by atoms with Crippen LogP contribution in [0.3, 0.4) is 0 Å². The van der Waals surface area contributed by atoms with Crippen LogP contribution in [0.15, 0.2) is 65.7 Å². The molecule has 0 unspecified atom stereocenters. The van der Waals surface area contributed by atoms with Crippen molar-refractivity contribution in [2.75, 3.05) is 50.4 Å². The molecule has 386 valence electrons. The quantitative estimate of drug-likeness (QED) is 0.0177. The molecule has 1 heterocycles. The maximum atomic E-state index is 13.3. The molecule has 18 N–H and O–H groups in total. The molecule has 0 bridgehead atoms. The lowest BCUT2D eigenvalue weighted by Gasteiger charge is -2.33. The number of unbranched alkanes of at least 4 members (excludes halogenated alkanes) is 4. The Morgan fingerprint density at radius 1 is 0.714 bits per heavy atom. The lowest BCUT2D eigenvalue weighted by atomic mass is 9.93. The smallest absolute Gasteiger partial charge is 0.280 e. The first-order valence-electron chi connectivity index (χ1n) is 23.3. The number of anilines is 2. The van der Waals surface area contributed by atoms with Gasteiger partial charge in [0.25, 0.3) is 5.91 Å².